The van der Waals surface area contributed by atoms with E-state index in [-0.39, 0.29) is 39.2 Å². The highest BCUT2D eigenvalue weighted by atomic mass is 35.5. The fourth-order valence-corrected chi connectivity index (χ4v) is 4.68. The van der Waals surface area contributed by atoms with Crippen LogP contribution in [0.4, 0.5) is 21.9 Å². The average Bonchev–Trinajstić information content (AvgIpc) is 2.97. The second-order valence-corrected chi connectivity index (χ2v) is 10.0. The number of carbonyl (C=O) groups is 4. The lowest BCUT2D eigenvalue weighted by Crippen LogP contribution is -2.44. The molecular formula is C31H26Cl2N4O5. The number of para-hydroxylation sites is 2. The van der Waals surface area contributed by atoms with Gasteiger partial charge in [0.15, 0.2) is 0 Å². The van der Waals surface area contributed by atoms with Gasteiger partial charge in [0.1, 0.15) is 6.04 Å². The van der Waals surface area contributed by atoms with Gasteiger partial charge in [0.2, 0.25) is 0 Å². The highest BCUT2D eigenvalue weighted by molar-refractivity contribution is 6.40. The van der Waals surface area contributed by atoms with E-state index >= 15 is 0 Å². The summed E-state index contributed by atoms with van der Waals surface area (Å²) in [4.78, 5) is 52.0. The lowest BCUT2D eigenvalue weighted by Gasteiger charge is -2.20. The maximum Gasteiger partial charge on any atom is 0.326 e. The van der Waals surface area contributed by atoms with Crippen molar-refractivity contribution in [3.8, 4) is 0 Å². The smallest absolute Gasteiger partial charge is 0.326 e. The van der Waals surface area contributed by atoms with E-state index in [1.807, 2.05) is 18.2 Å². The molecule has 4 aromatic rings. The lowest BCUT2D eigenvalue weighted by molar-refractivity contribution is -0.139. The summed E-state index contributed by atoms with van der Waals surface area (Å²) >= 11 is 12.2. The molecule has 11 heteroatoms. The van der Waals surface area contributed by atoms with Gasteiger partial charge in [0.25, 0.3) is 11.8 Å². The van der Waals surface area contributed by atoms with E-state index in [1.54, 1.807) is 85.9 Å². The number of aliphatic carboxylic acids is 1. The van der Waals surface area contributed by atoms with Crippen molar-refractivity contribution < 1.29 is 24.3 Å². The minimum absolute atomic E-state index is 0.0371. The molecule has 0 aliphatic rings. The van der Waals surface area contributed by atoms with E-state index in [4.69, 9.17) is 23.2 Å². The Labute approximate surface area is 252 Å². The van der Waals surface area contributed by atoms with Crippen LogP contribution < -0.4 is 20.9 Å². The predicted octanol–water partition coefficient (Wildman–Crippen LogP) is 6.34. The molecule has 0 aromatic heterocycles. The molecule has 0 unspecified atom stereocenters. The molecule has 0 bridgehead atoms. The zero-order chi connectivity index (χ0) is 30.2. The fourth-order valence-electron chi connectivity index (χ4n) is 4.11. The number of halogens is 2. The number of carbonyl (C=O) groups excluding carboxylic acids is 3. The van der Waals surface area contributed by atoms with Crippen LogP contribution in [0.2, 0.25) is 10.0 Å². The summed E-state index contributed by atoms with van der Waals surface area (Å²) in [6, 6.07) is 24.6. The van der Waals surface area contributed by atoms with Crippen LogP contribution in [0.3, 0.4) is 0 Å². The van der Waals surface area contributed by atoms with E-state index < -0.39 is 23.9 Å². The van der Waals surface area contributed by atoms with E-state index in [9.17, 15) is 24.3 Å². The normalized spacial score (nSPS) is 11.2. The monoisotopic (exact) mass is 604 g/mol. The second-order valence-electron chi connectivity index (χ2n) is 9.19. The lowest BCUT2D eigenvalue weighted by atomic mass is 10.1. The first-order chi connectivity index (χ1) is 20.1. The highest BCUT2D eigenvalue weighted by Gasteiger charge is 2.23. The molecule has 4 amide bonds. The van der Waals surface area contributed by atoms with Crippen molar-refractivity contribution in [2.45, 2.75) is 12.5 Å². The molecule has 9 nitrogen and oxygen atoms in total. The highest BCUT2D eigenvalue weighted by Crippen LogP contribution is 2.25. The fraction of sp³-hybridized carbons (Fsp3) is 0.0968. The third-order valence-corrected chi connectivity index (χ3v) is 6.93. The number of carboxylic acid groups (broad SMARTS) is 1. The summed E-state index contributed by atoms with van der Waals surface area (Å²) in [5, 5.41) is 17.9. The zero-order valence-corrected chi connectivity index (χ0v) is 23.8. The molecule has 42 heavy (non-hydrogen) atoms. The van der Waals surface area contributed by atoms with Gasteiger partial charge in [0.05, 0.1) is 26.9 Å². The van der Waals surface area contributed by atoms with Gasteiger partial charge in [-0.05, 0) is 54.1 Å². The minimum Gasteiger partial charge on any atom is -0.480 e. The third-order valence-electron chi connectivity index (χ3n) is 6.30. The largest absolute Gasteiger partial charge is 0.480 e. The maximum atomic E-state index is 13.1. The van der Waals surface area contributed by atoms with Gasteiger partial charge in [-0.25, -0.2) is 9.59 Å². The number of benzene rings is 4. The molecule has 0 heterocycles. The number of hydrogen-bond acceptors (Lipinski definition) is 4. The Balaban J connectivity index is 1.40. The molecule has 214 valence electrons. The van der Waals surface area contributed by atoms with Gasteiger partial charge >= 0.3 is 12.0 Å². The summed E-state index contributed by atoms with van der Waals surface area (Å²) in [6.07, 6.45) is -0.0371. The number of nitrogens with one attached hydrogen (secondary N) is 3. The average molecular weight is 605 g/mol. The SMILES string of the molecule is CN(C(=O)c1ccccc1NC(=O)N[C@@H](Cc1ccc(NC(=O)c2c(Cl)cccc2Cl)cc1)C(=O)O)c1ccccc1. The van der Waals surface area contributed by atoms with Crippen LogP contribution in [-0.2, 0) is 11.2 Å². The molecule has 0 aliphatic carbocycles. The van der Waals surface area contributed by atoms with Crippen LogP contribution in [0, 0.1) is 0 Å². The number of carboxylic acids is 1. The summed E-state index contributed by atoms with van der Waals surface area (Å²) in [5.74, 6) is -2.09. The van der Waals surface area contributed by atoms with Gasteiger partial charge in [-0.3, -0.25) is 9.59 Å². The van der Waals surface area contributed by atoms with E-state index in [0.717, 1.165) is 0 Å². The van der Waals surface area contributed by atoms with Crippen molar-refractivity contribution in [2.24, 2.45) is 0 Å². The minimum atomic E-state index is -1.28. The Hall–Kier alpha value is -4.86. The Bertz CT molecular complexity index is 1590. The molecule has 0 saturated heterocycles. The van der Waals surface area contributed by atoms with Gasteiger partial charge in [0, 0.05) is 24.8 Å². The first-order valence-corrected chi connectivity index (χ1v) is 13.5. The Morgan fingerprint density at radius 3 is 2.05 bits per heavy atom. The molecule has 0 saturated carbocycles. The molecule has 4 aromatic carbocycles. The maximum absolute atomic E-state index is 13.1. The summed E-state index contributed by atoms with van der Waals surface area (Å²) in [7, 11) is 1.62. The number of anilines is 3. The quantitative estimate of drug-likeness (QED) is 0.177. The molecule has 4 rings (SSSR count). The Kier molecular flexibility index (Phi) is 9.80. The van der Waals surface area contributed by atoms with E-state index in [1.165, 1.54) is 4.90 Å². The number of nitrogens with zero attached hydrogens (tertiary/aromatic N) is 1. The molecule has 0 fully saturated rings. The predicted molar refractivity (Wildman–Crippen MR) is 164 cm³/mol. The zero-order valence-electron chi connectivity index (χ0n) is 22.3. The molecule has 0 radical (unpaired) electrons. The third kappa shape index (κ3) is 7.45. The number of urea groups is 1. The van der Waals surface area contributed by atoms with Crippen LogP contribution in [0.25, 0.3) is 0 Å². The molecule has 0 aliphatic heterocycles. The van der Waals surface area contributed by atoms with Gasteiger partial charge < -0.3 is 26.0 Å². The van der Waals surface area contributed by atoms with Crippen molar-refractivity contribution in [3.05, 3.63) is 124 Å². The van der Waals surface area contributed by atoms with Crippen molar-refractivity contribution in [1.82, 2.24) is 5.32 Å². The van der Waals surface area contributed by atoms with Gasteiger partial charge in [-0.15, -0.1) is 0 Å². The molecular weight excluding hydrogens is 579 g/mol. The van der Waals surface area contributed by atoms with Crippen molar-refractivity contribution >= 4 is 64.1 Å². The first kappa shape index (κ1) is 30.1. The first-order valence-electron chi connectivity index (χ1n) is 12.7. The standard InChI is InChI=1S/C31H26Cl2N4O5/c1-37(21-8-3-2-4-9-21)29(39)22-10-5-6-13-25(22)35-31(42)36-26(30(40)41)18-19-14-16-20(17-15-19)34-28(38)27-23(32)11-7-12-24(27)33/h2-17,26H,18H2,1H3,(H,34,38)(H,40,41)(H2,35,36,42)/t26-/m0/s1. The molecule has 0 spiro atoms. The number of amides is 4. The van der Waals surface area contributed by atoms with Gasteiger partial charge in [-0.2, -0.15) is 0 Å². The van der Waals surface area contributed by atoms with Crippen molar-refractivity contribution in [1.29, 1.82) is 0 Å². The van der Waals surface area contributed by atoms with Crippen LogP contribution in [0.5, 0.6) is 0 Å². The van der Waals surface area contributed by atoms with Gasteiger partial charge in [-0.1, -0.05) is 71.7 Å². The summed E-state index contributed by atoms with van der Waals surface area (Å²) in [6.45, 7) is 0. The van der Waals surface area contributed by atoms with Crippen LogP contribution in [-0.4, -0.2) is 42.0 Å². The molecule has 1 atom stereocenters. The Morgan fingerprint density at radius 2 is 1.40 bits per heavy atom. The summed E-state index contributed by atoms with van der Waals surface area (Å²) < 4.78 is 0. The number of hydrogen-bond donors (Lipinski definition) is 4. The van der Waals surface area contributed by atoms with Crippen LogP contribution in [0.15, 0.2) is 97.1 Å². The van der Waals surface area contributed by atoms with Crippen LogP contribution in [0.1, 0.15) is 26.3 Å². The van der Waals surface area contributed by atoms with E-state index in [0.29, 0.717) is 16.9 Å². The molecule has 4 N–H and O–H groups in total. The van der Waals surface area contributed by atoms with Crippen molar-refractivity contribution in [3.63, 3.8) is 0 Å². The van der Waals surface area contributed by atoms with E-state index in [2.05, 4.69) is 16.0 Å². The Morgan fingerprint density at radius 1 is 0.786 bits per heavy atom. The topological polar surface area (TPSA) is 128 Å². The number of rotatable bonds is 9. The van der Waals surface area contributed by atoms with Crippen LogP contribution >= 0.6 is 23.2 Å². The van der Waals surface area contributed by atoms with Crippen molar-refractivity contribution in [2.75, 3.05) is 22.6 Å². The second kappa shape index (κ2) is 13.7. The summed E-state index contributed by atoms with van der Waals surface area (Å²) in [5.41, 5.74) is 2.31.